The standard InChI is InChI=1S/C19H25N5OS/c1-20-18(25)15-5-3-13(4-6-15)11-22(2)12-23-19(26)24(16-9-10-16)17(21-23)14-7-8-14/h3-6,14,16H,7-12H2,1-2H3,(H,20,25). The van der Waals surface area contributed by atoms with Gasteiger partial charge in [-0.15, -0.1) is 0 Å². The number of hydrogen-bond donors (Lipinski definition) is 1. The molecule has 1 amide bonds. The van der Waals surface area contributed by atoms with E-state index in [1.807, 2.05) is 28.9 Å². The predicted molar refractivity (Wildman–Crippen MR) is 103 cm³/mol. The highest BCUT2D eigenvalue weighted by molar-refractivity contribution is 7.71. The van der Waals surface area contributed by atoms with Crippen LogP contribution in [0.1, 0.15) is 59.4 Å². The average molecular weight is 372 g/mol. The molecule has 0 atom stereocenters. The smallest absolute Gasteiger partial charge is 0.251 e. The summed E-state index contributed by atoms with van der Waals surface area (Å²) < 4.78 is 5.13. The predicted octanol–water partition coefficient (Wildman–Crippen LogP) is 3.08. The van der Waals surface area contributed by atoms with Gasteiger partial charge in [0, 0.05) is 31.1 Å². The van der Waals surface area contributed by atoms with Crippen molar-refractivity contribution in [2.24, 2.45) is 0 Å². The van der Waals surface area contributed by atoms with Crippen LogP contribution in [0.25, 0.3) is 0 Å². The van der Waals surface area contributed by atoms with E-state index in [1.54, 1.807) is 7.05 Å². The third-order valence-electron chi connectivity index (χ3n) is 5.02. The highest BCUT2D eigenvalue weighted by Gasteiger charge is 2.35. The third kappa shape index (κ3) is 3.59. The van der Waals surface area contributed by atoms with Gasteiger partial charge in [-0.25, -0.2) is 4.68 Å². The molecule has 2 saturated carbocycles. The van der Waals surface area contributed by atoms with Crippen molar-refractivity contribution in [3.63, 3.8) is 0 Å². The molecule has 6 nitrogen and oxygen atoms in total. The molecule has 0 radical (unpaired) electrons. The Bertz CT molecular complexity index is 861. The fraction of sp³-hybridized carbons (Fsp3) is 0.526. The number of amides is 1. The van der Waals surface area contributed by atoms with Crippen LogP contribution in [0.15, 0.2) is 24.3 Å². The molecule has 7 heteroatoms. The quantitative estimate of drug-likeness (QED) is 0.760. The van der Waals surface area contributed by atoms with Crippen LogP contribution in [-0.4, -0.2) is 39.3 Å². The Morgan fingerprint density at radius 3 is 2.54 bits per heavy atom. The zero-order valence-corrected chi connectivity index (χ0v) is 16.1. The first kappa shape index (κ1) is 17.4. The zero-order chi connectivity index (χ0) is 18.3. The van der Waals surface area contributed by atoms with Crippen LogP contribution in [0.3, 0.4) is 0 Å². The number of nitrogens with one attached hydrogen (secondary N) is 1. The van der Waals surface area contributed by atoms with Crippen molar-refractivity contribution in [2.45, 2.75) is 50.9 Å². The number of hydrogen-bond acceptors (Lipinski definition) is 4. The second kappa shape index (κ2) is 6.96. The Labute approximate surface area is 158 Å². The van der Waals surface area contributed by atoms with Gasteiger partial charge in [0.05, 0.1) is 6.67 Å². The van der Waals surface area contributed by atoms with Gasteiger partial charge in [-0.2, -0.15) is 5.10 Å². The van der Waals surface area contributed by atoms with Crippen molar-refractivity contribution < 1.29 is 4.79 Å². The van der Waals surface area contributed by atoms with Gasteiger partial charge in [0.2, 0.25) is 0 Å². The average Bonchev–Trinajstić information content (AvgIpc) is 3.54. The molecule has 2 aliphatic rings. The van der Waals surface area contributed by atoms with Gasteiger partial charge >= 0.3 is 0 Å². The van der Waals surface area contributed by atoms with Crippen molar-refractivity contribution in [1.82, 2.24) is 24.6 Å². The van der Waals surface area contributed by atoms with Crippen LogP contribution in [0.2, 0.25) is 0 Å². The Balaban J connectivity index is 1.45. The van der Waals surface area contributed by atoms with Crippen molar-refractivity contribution in [3.05, 3.63) is 46.0 Å². The lowest BCUT2D eigenvalue weighted by atomic mass is 10.1. The van der Waals surface area contributed by atoms with Crippen molar-refractivity contribution in [1.29, 1.82) is 0 Å². The lowest BCUT2D eigenvalue weighted by molar-refractivity contribution is 0.0963. The van der Waals surface area contributed by atoms with Crippen LogP contribution in [-0.2, 0) is 13.2 Å². The minimum Gasteiger partial charge on any atom is -0.355 e. The van der Waals surface area contributed by atoms with E-state index < -0.39 is 0 Å². The van der Waals surface area contributed by atoms with E-state index >= 15 is 0 Å². The van der Waals surface area contributed by atoms with E-state index in [9.17, 15) is 4.79 Å². The first-order valence-electron chi connectivity index (χ1n) is 9.25. The molecule has 0 saturated heterocycles. The van der Waals surface area contributed by atoms with Crippen LogP contribution >= 0.6 is 12.2 Å². The van der Waals surface area contributed by atoms with Crippen molar-refractivity contribution >= 4 is 18.1 Å². The number of carbonyl (C=O) groups is 1. The van der Waals surface area contributed by atoms with E-state index in [2.05, 4.69) is 21.8 Å². The third-order valence-corrected chi connectivity index (χ3v) is 5.43. The molecule has 138 valence electrons. The summed E-state index contributed by atoms with van der Waals surface area (Å²) in [5.41, 5.74) is 1.84. The van der Waals surface area contributed by atoms with Crippen LogP contribution in [0, 0.1) is 4.77 Å². The van der Waals surface area contributed by atoms with E-state index in [0.29, 0.717) is 24.2 Å². The maximum absolute atomic E-state index is 11.6. The van der Waals surface area contributed by atoms with E-state index in [-0.39, 0.29) is 5.91 Å². The summed E-state index contributed by atoms with van der Waals surface area (Å²) in [6.07, 6.45) is 4.94. The molecule has 0 unspecified atom stereocenters. The van der Waals surface area contributed by atoms with Gasteiger partial charge in [-0.1, -0.05) is 12.1 Å². The molecule has 2 fully saturated rings. The Morgan fingerprint density at radius 2 is 1.96 bits per heavy atom. The monoisotopic (exact) mass is 371 g/mol. The molecule has 1 N–H and O–H groups in total. The second-order valence-corrected chi connectivity index (χ2v) is 7.81. The number of carbonyl (C=O) groups excluding carboxylic acids is 1. The van der Waals surface area contributed by atoms with E-state index in [0.717, 1.165) is 16.9 Å². The topological polar surface area (TPSA) is 55.1 Å². The maximum Gasteiger partial charge on any atom is 0.251 e. The molecule has 0 bridgehead atoms. The highest BCUT2D eigenvalue weighted by atomic mass is 32.1. The molecule has 2 aliphatic carbocycles. The van der Waals surface area contributed by atoms with Crippen LogP contribution in [0.5, 0.6) is 0 Å². The Hall–Kier alpha value is -1.99. The van der Waals surface area contributed by atoms with Gasteiger partial charge in [-0.3, -0.25) is 9.69 Å². The normalized spacial score (nSPS) is 16.9. The summed E-state index contributed by atoms with van der Waals surface area (Å²) in [7, 11) is 3.71. The summed E-state index contributed by atoms with van der Waals surface area (Å²) in [5.74, 6) is 1.75. The summed E-state index contributed by atoms with van der Waals surface area (Å²) in [6.45, 7) is 1.46. The van der Waals surface area contributed by atoms with E-state index in [4.69, 9.17) is 17.3 Å². The summed E-state index contributed by atoms with van der Waals surface area (Å²) in [5, 5.41) is 7.49. The SMILES string of the molecule is CNC(=O)c1ccc(CN(C)Cn2nc(C3CC3)n(C3CC3)c2=S)cc1. The molecule has 1 aromatic heterocycles. The van der Waals surface area contributed by atoms with E-state index in [1.165, 1.54) is 31.5 Å². The molecule has 1 heterocycles. The second-order valence-electron chi connectivity index (χ2n) is 7.45. The van der Waals surface area contributed by atoms with Crippen molar-refractivity contribution in [3.8, 4) is 0 Å². The first-order chi connectivity index (χ1) is 12.6. The molecule has 0 spiro atoms. The molecule has 0 aliphatic heterocycles. The zero-order valence-electron chi connectivity index (χ0n) is 15.3. The maximum atomic E-state index is 11.6. The number of rotatable bonds is 7. The summed E-state index contributed by atoms with van der Waals surface area (Å²) in [4.78, 5) is 13.8. The molecular formula is C19H25N5OS. The minimum absolute atomic E-state index is 0.0607. The summed E-state index contributed by atoms with van der Waals surface area (Å²) >= 11 is 5.71. The van der Waals surface area contributed by atoms with Crippen LogP contribution in [0.4, 0.5) is 0 Å². The lowest BCUT2D eigenvalue weighted by Crippen LogP contribution is -2.23. The first-order valence-corrected chi connectivity index (χ1v) is 9.66. The van der Waals surface area contributed by atoms with Crippen LogP contribution < -0.4 is 5.32 Å². The molecule has 4 rings (SSSR count). The van der Waals surface area contributed by atoms with Gasteiger partial charge in [0.25, 0.3) is 5.91 Å². The summed E-state index contributed by atoms with van der Waals surface area (Å²) in [6, 6.07) is 8.30. The van der Waals surface area contributed by atoms with Gasteiger partial charge < -0.3 is 9.88 Å². The Kier molecular flexibility index (Phi) is 4.67. The lowest BCUT2D eigenvalue weighted by Gasteiger charge is -2.16. The highest BCUT2D eigenvalue weighted by Crippen LogP contribution is 2.44. The van der Waals surface area contributed by atoms with Crippen molar-refractivity contribution in [2.75, 3.05) is 14.1 Å². The molecular weight excluding hydrogens is 346 g/mol. The minimum atomic E-state index is -0.0607. The molecule has 26 heavy (non-hydrogen) atoms. The number of aromatic nitrogens is 3. The van der Waals surface area contributed by atoms with Gasteiger partial charge in [0.1, 0.15) is 5.82 Å². The fourth-order valence-corrected chi connectivity index (χ4v) is 3.66. The Morgan fingerprint density at radius 1 is 1.27 bits per heavy atom. The fourth-order valence-electron chi connectivity index (χ4n) is 3.32. The number of nitrogens with zero attached hydrogens (tertiary/aromatic N) is 4. The number of benzene rings is 1. The van der Waals surface area contributed by atoms with Gasteiger partial charge in [0.15, 0.2) is 4.77 Å². The molecule has 2 aromatic rings. The largest absolute Gasteiger partial charge is 0.355 e. The van der Waals surface area contributed by atoms with Gasteiger partial charge in [-0.05, 0) is 62.6 Å². The molecule has 1 aromatic carbocycles.